The molecule has 0 aromatic carbocycles. The first-order valence-corrected chi connectivity index (χ1v) is 14.1. The Morgan fingerprint density at radius 1 is 1.22 bits per heavy atom. The molecule has 1 saturated heterocycles. The smallest absolute Gasteiger partial charge is 0.341 e. The van der Waals surface area contributed by atoms with E-state index in [2.05, 4.69) is 33.9 Å². The number of aliphatic hydroxyl groups is 3. The van der Waals surface area contributed by atoms with Crippen molar-refractivity contribution in [2.45, 2.75) is 115 Å². The molecule has 8 nitrogen and oxygen atoms in total. The van der Waals surface area contributed by atoms with Crippen LogP contribution in [0, 0.1) is 5.92 Å². The van der Waals surface area contributed by atoms with Crippen molar-refractivity contribution in [2.75, 3.05) is 0 Å². The van der Waals surface area contributed by atoms with Crippen molar-refractivity contribution in [2.24, 2.45) is 5.92 Å². The zero-order valence-corrected chi connectivity index (χ0v) is 21.6. The van der Waals surface area contributed by atoms with E-state index in [1.54, 1.807) is 6.92 Å². The van der Waals surface area contributed by atoms with Gasteiger partial charge in [0, 0.05) is 19.3 Å². The van der Waals surface area contributed by atoms with Gasteiger partial charge >= 0.3 is 11.9 Å². The molecule has 3 aliphatic rings. The highest BCUT2D eigenvalue weighted by molar-refractivity contribution is 6.74. The maximum atomic E-state index is 12.5. The molecule has 2 fully saturated rings. The summed E-state index contributed by atoms with van der Waals surface area (Å²) in [6, 6.07) is 0. The third kappa shape index (κ3) is 3.48. The molecular weight excluding hydrogens is 432 g/mol. The van der Waals surface area contributed by atoms with Gasteiger partial charge in [-0.2, -0.15) is 0 Å². The van der Waals surface area contributed by atoms with Crippen LogP contribution in [0.15, 0.2) is 11.1 Å². The maximum Gasteiger partial charge on any atom is 0.341 e. The molecule has 0 aromatic rings. The molecule has 1 unspecified atom stereocenters. The van der Waals surface area contributed by atoms with Crippen LogP contribution in [0.1, 0.15) is 61.3 Å². The minimum absolute atomic E-state index is 0.0395. The van der Waals surface area contributed by atoms with Crippen LogP contribution in [0.5, 0.6) is 0 Å². The topological polar surface area (TPSA) is 123 Å². The van der Waals surface area contributed by atoms with Gasteiger partial charge in [0.05, 0.1) is 12.2 Å². The standard InChI is InChI=1S/C23H38O8Si/c1-12-15(31-32(8,9)20(3,4)5)10-14-17(12)18-23(28,22(7,27)19(26)29-18)16(25)11-21(14,6)30-13(2)24/h14-16,18,25,27-28H,10-11H2,1-9H3/t14-,15?,16-,18-,21-,22+,23+/m0/s1. The molecule has 182 valence electrons. The first-order valence-electron chi connectivity index (χ1n) is 11.2. The van der Waals surface area contributed by atoms with E-state index in [9.17, 15) is 24.9 Å². The van der Waals surface area contributed by atoms with Gasteiger partial charge in [-0.25, -0.2) is 4.79 Å². The molecule has 9 heteroatoms. The van der Waals surface area contributed by atoms with Gasteiger partial charge in [-0.15, -0.1) is 0 Å². The summed E-state index contributed by atoms with van der Waals surface area (Å²) in [5, 5.41) is 33.5. The Labute approximate surface area is 191 Å². The molecule has 0 amide bonds. The number of fused-ring (bicyclic) bond motifs is 3. The lowest BCUT2D eigenvalue weighted by Gasteiger charge is -2.41. The number of rotatable bonds is 3. The van der Waals surface area contributed by atoms with E-state index >= 15 is 0 Å². The monoisotopic (exact) mass is 470 g/mol. The summed E-state index contributed by atoms with van der Waals surface area (Å²) in [4.78, 5) is 24.5. The van der Waals surface area contributed by atoms with Crippen molar-refractivity contribution < 1.29 is 38.8 Å². The molecule has 0 aromatic heterocycles. The van der Waals surface area contributed by atoms with Gasteiger partial charge in [0.15, 0.2) is 25.6 Å². The van der Waals surface area contributed by atoms with Crippen LogP contribution in [0.25, 0.3) is 0 Å². The van der Waals surface area contributed by atoms with Crippen molar-refractivity contribution in [3.63, 3.8) is 0 Å². The molecule has 1 heterocycles. The summed E-state index contributed by atoms with van der Waals surface area (Å²) >= 11 is 0. The van der Waals surface area contributed by atoms with Crippen molar-refractivity contribution in [1.29, 1.82) is 0 Å². The average Bonchev–Trinajstić information content (AvgIpc) is 2.98. The molecule has 3 N–H and O–H groups in total. The number of hydrogen-bond acceptors (Lipinski definition) is 8. The fourth-order valence-electron chi connectivity index (χ4n) is 5.27. The van der Waals surface area contributed by atoms with Crippen LogP contribution in [0.3, 0.4) is 0 Å². The highest BCUT2D eigenvalue weighted by Gasteiger charge is 2.73. The molecule has 7 atom stereocenters. The minimum atomic E-state index is -2.32. The van der Waals surface area contributed by atoms with E-state index < -0.39 is 55.2 Å². The maximum absolute atomic E-state index is 12.5. The highest BCUT2D eigenvalue weighted by atomic mass is 28.4. The number of ether oxygens (including phenoxy) is 2. The second kappa shape index (κ2) is 7.37. The summed E-state index contributed by atoms with van der Waals surface area (Å²) < 4.78 is 17.9. The fraction of sp³-hybridized carbons (Fsp3) is 0.826. The van der Waals surface area contributed by atoms with Crippen LogP contribution in [-0.4, -0.2) is 70.7 Å². The summed E-state index contributed by atoms with van der Waals surface area (Å²) in [6.07, 6.45) is -2.87. The number of carbonyl (C=O) groups excluding carboxylic acids is 2. The molecule has 3 rings (SSSR count). The first-order chi connectivity index (χ1) is 14.3. The van der Waals surface area contributed by atoms with E-state index in [0.29, 0.717) is 12.0 Å². The number of aliphatic hydroxyl groups excluding tert-OH is 1. The van der Waals surface area contributed by atoms with Gasteiger partial charge in [0.1, 0.15) is 5.60 Å². The van der Waals surface area contributed by atoms with Crippen molar-refractivity contribution in [3.8, 4) is 0 Å². The Kier molecular flexibility index (Phi) is 5.84. The second-order valence-corrected chi connectivity index (χ2v) is 16.4. The Morgan fingerprint density at radius 3 is 2.28 bits per heavy atom. The Morgan fingerprint density at radius 2 is 1.78 bits per heavy atom. The van der Waals surface area contributed by atoms with E-state index in [0.717, 1.165) is 12.5 Å². The molecule has 32 heavy (non-hydrogen) atoms. The third-order valence-corrected chi connectivity index (χ3v) is 12.8. The average molecular weight is 471 g/mol. The Balaban J connectivity index is 2.17. The van der Waals surface area contributed by atoms with Gasteiger partial charge in [0.25, 0.3) is 0 Å². The number of carbonyl (C=O) groups is 2. The van der Waals surface area contributed by atoms with Crippen molar-refractivity contribution in [1.82, 2.24) is 0 Å². The van der Waals surface area contributed by atoms with Crippen LogP contribution in [-0.2, 0) is 23.5 Å². The lowest BCUT2D eigenvalue weighted by Crippen LogP contribution is -2.63. The predicted molar refractivity (Wildman–Crippen MR) is 119 cm³/mol. The second-order valence-electron chi connectivity index (χ2n) is 11.6. The quantitative estimate of drug-likeness (QED) is 0.326. The third-order valence-electron chi connectivity index (χ3n) is 8.31. The first kappa shape index (κ1) is 25.4. The molecule has 0 radical (unpaired) electrons. The van der Waals surface area contributed by atoms with Crippen LogP contribution < -0.4 is 0 Å². The predicted octanol–water partition coefficient (Wildman–Crippen LogP) is 2.21. The van der Waals surface area contributed by atoms with Crippen LogP contribution in [0.4, 0.5) is 0 Å². The summed E-state index contributed by atoms with van der Waals surface area (Å²) in [7, 11) is -2.19. The Bertz CT molecular complexity index is 857. The molecule has 0 bridgehead atoms. The van der Waals surface area contributed by atoms with E-state index in [1.165, 1.54) is 6.92 Å². The fourth-order valence-corrected chi connectivity index (χ4v) is 6.61. The zero-order valence-electron chi connectivity index (χ0n) is 20.6. The van der Waals surface area contributed by atoms with Gasteiger partial charge < -0.3 is 29.2 Å². The lowest BCUT2D eigenvalue weighted by molar-refractivity contribution is -0.195. The van der Waals surface area contributed by atoms with E-state index in [-0.39, 0.29) is 17.6 Å². The van der Waals surface area contributed by atoms with Crippen molar-refractivity contribution in [3.05, 3.63) is 11.1 Å². The van der Waals surface area contributed by atoms with Crippen LogP contribution in [0.2, 0.25) is 18.1 Å². The highest BCUT2D eigenvalue weighted by Crippen LogP contribution is 2.56. The molecular formula is C23H38O8Si. The van der Waals surface area contributed by atoms with Crippen molar-refractivity contribution >= 4 is 20.3 Å². The molecule has 1 aliphatic heterocycles. The lowest BCUT2D eigenvalue weighted by atomic mass is 9.75. The molecule has 0 spiro atoms. The minimum Gasteiger partial charge on any atom is -0.459 e. The molecule has 2 aliphatic carbocycles. The van der Waals surface area contributed by atoms with Gasteiger partial charge in [-0.05, 0) is 56.5 Å². The summed E-state index contributed by atoms with van der Waals surface area (Å²) in [5.41, 5.74) is -4.46. The van der Waals surface area contributed by atoms with E-state index in [1.807, 2.05) is 6.92 Å². The van der Waals surface area contributed by atoms with Gasteiger partial charge in [0.2, 0.25) is 0 Å². The summed E-state index contributed by atoms with van der Waals surface area (Å²) in [5.74, 6) is -1.97. The Hall–Kier alpha value is -1.26. The van der Waals surface area contributed by atoms with E-state index in [4.69, 9.17) is 13.9 Å². The SMILES string of the molecule is CC(=O)O[C@@]1(C)C[C@H](O)[C@@]2(O)[C@@H](OC(=O)[C@@]2(C)O)C2=C(C)C(O[Si](C)(C)C(C)(C)C)C[C@@H]21. The van der Waals surface area contributed by atoms with Gasteiger partial charge in [-0.1, -0.05) is 20.8 Å². The largest absolute Gasteiger partial charge is 0.459 e. The zero-order chi connectivity index (χ0) is 24.7. The molecule has 1 saturated carbocycles. The number of hydrogen-bond donors (Lipinski definition) is 3. The van der Waals surface area contributed by atoms with Crippen LogP contribution >= 0.6 is 0 Å². The number of esters is 2. The van der Waals surface area contributed by atoms with Gasteiger partial charge in [-0.3, -0.25) is 4.79 Å². The normalized spacial score (nSPS) is 42.3. The summed E-state index contributed by atoms with van der Waals surface area (Å²) in [6.45, 7) is 16.7.